The third-order valence-corrected chi connectivity index (χ3v) is 4.20. The molecule has 0 aromatic carbocycles. The molecule has 130 valence electrons. The molecule has 0 spiro atoms. The summed E-state index contributed by atoms with van der Waals surface area (Å²) in [6.07, 6.45) is 2.78. The molecule has 1 aromatic rings. The smallest absolute Gasteiger partial charge is 0.243 e. The number of amides is 1. The van der Waals surface area contributed by atoms with Crippen LogP contribution >= 0.6 is 11.3 Å². The Morgan fingerprint density at radius 2 is 2.09 bits per heavy atom. The quantitative estimate of drug-likeness (QED) is 0.606. The number of thiazole rings is 1. The summed E-state index contributed by atoms with van der Waals surface area (Å²) in [5.41, 5.74) is 0. The van der Waals surface area contributed by atoms with Crippen LogP contribution in [0.5, 0.6) is 0 Å². The first-order chi connectivity index (χ1) is 10.8. The summed E-state index contributed by atoms with van der Waals surface area (Å²) in [6, 6.07) is 0. The number of rotatable bonds is 7. The lowest BCUT2D eigenvalue weighted by Gasteiger charge is -2.23. The Bertz CT molecular complexity index is 524. The fourth-order valence-electron chi connectivity index (χ4n) is 1.78. The maximum absolute atomic E-state index is 11.8. The van der Waals surface area contributed by atoms with Gasteiger partial charge in [-0.1, -0.05) is 13.8 Å². The van der Waals surface area contributed by atoms with E-state index in [-0.39, 0.29) is 12.5 Å². The molecule has 0 radical (unpaired) electrons. The molecule has 1 amide bonds. The Morgan fingerprint density at radius 1 is 1.39 bits per heavy atom. The van der Waals surface area contributed by atoms with Gasteiger partial charge in [-0.25, -0.2) is 9.98 Å². The van der Waals surface area contributed by atoms with Crippen LogP contribution in [-0.4, -0.2) is 67.4 Å². The average Bonchev–Trinajstić information content (AvgIpc) is 2.89. The van der Waals surface area contributed by atoms with Crippen molar-refractivity contribution < 1.29 is 4.79 Å². The Hall–Kier alpha value is -1.63. The first-order valence-electron chi connectivity index (χ1n) is 7.90. The zero-order valence-corrected chi connectivity index (χ0v) is 15.9. The van der Waals surface area contributed by atoms with Gasteiger partial charge in [0.1, 0.15) is 6.54 Å². The Balaban J connectivity index is 2.64. The summed E-state index contributed by atoms with van der Waals surface area (Å²) < 4.78 is 0. The monoisotopic (exact) mass is 339 g/mol. The van der Waals surface area contributed by atoms with Crippen LogP contribution in [-0.2, 0) is 11.2 Å². The molecule has 0 saturated heterocycles. The highest BCUT2D eigenvalue weighted by atomic mass is 32.1. The van der Waals surface area contributed by atoms with E-state index in [1.807, 2.05) is 13.2 Å². The predicted molar refractivity (Wildman–Crippen MR) is 97.0 cm³/mol. The van der Waals surface area contributed by atoms with Gasteiger partial charge >= 0.3 is 0 Å². The summed E-state index contributed by atoms with van der Waals surface area (Å²) in [5.74, 6) is 1.28. The first-order valence-corrected chi connectivity index (χ1v) is 8.72. The number of aryl methyl sites for hydroxylation is 1. The van der Waals surface area contributed by atoms with Crippen LogP contribution < -0.4 is 5.32 Å². The third kappa shape index (κ3) is 7.45. The lowest BCUT2D eigenvalue weighted by atomic mass is 10.2. The molecule has 1 rings (SSSR count). The van der Waals surface area contributed by atoms with Gasteiger partial charge < -0.3 is 15.1 Å². The van der Waals surface area contributed by atoms with E-state index in [0.29, 0.717) is 5.92 Å². The topological polar surface area (TPSA) is 60.8 Å². The maximum atomic E-state index is 11.8. The minimum absolute atomic E-state index is 0.00204. The standard InChI is InChI=1S/C16H29N5OS/c1-12(2)9-18-16(19-11-15(22)20(4)5)21(6)8-7-14-17-10-13(3)23-14/h10,12H,7-9,11H2,1-6H3,(H,18,19). The van der Waals surface area contributed by atoms with Crippen molar-refractivity contribution in [1.29, 1.82) is 0 Å². The highest BCUT2D eigenvalue weighted by molar-refractivity contribution is 7.11. The van der Waals surface area contributed by atoms with Crippen LogP contribution in [0.4, 0.5) is 0 Å². The van der Waals surface area contributed by atoms with Crippen molar-refractivity contribution in [1.82, 2.24) is 20.1 Å². The second kappa shape index (κ2) is 9.50. The van der Waals surface area contributed by atoms with Gasteiger partial charge in [0, 0.05) is 51.7 Å². The second-order valence-corrected chi connectivity index (χ2v) is 7.56. The van der Waals surface area contributed by atoms with Gasteiger partial charge in [0.2, 0.25) is 5.91 Å². The minimum Gasteiger partial charge on any atom is -0.356 e. The summed E-state index contributed by atoms with van der Waals surface area (Å²) in [5, 5.41) is 4.47. The van der Waals surface area contributed by atoms with Crippen LogP contribution in [0, 0.1) is 12.8 Å². The van der Waals surface area contributed by atoms with E-state index in [9.17, 15) is 4.79 Å². The molecule has 0 fully saturated rings. The van der Waals surface area contributed by atoms with Crippen LogP contribution in [0.1, 0.15) is 23.7 Å². The van der Waals surface area contributed by atoms with Crippen molar-refractivity contribution in [2.24, 2.45) is 10.9 Å². The molecule has 0 saturated carbocycles. The third-order valence-electron chi connectivity index (χ3n) is 3.22. The number of nitrogens with one attached hydrogen (secondary N) is 1. The molecule has 0 aliphatic rings. The molecule has 6 nitrogen and oxygen atoms in total. The van der Waals surface area contributed by atoms with Crippen molar-refractivity contribution in [3.63, 3.8) is 0 Å². The average molecular weight is 340 g/mol. The van der Waals surface area contributed by atoms with Gasteiger partial charge in [0.15, 0.2) is 5.96 Å². The number of carbonyl (C=O) groups excluding carboxylic acids is 1. The summed E-state index contributed by atoms with van der Waals surface area (Å²) in [4.78, 5) is 25.4. The summed E-state index contributed by atoms with van der Waals surface area (Å²) >= 11 is 1.72. The Labute approximate surface area is 143 Å². The van der Waals surface area contributed by atoms with Crippen LogP contribution in [0.3, 0.4) is 0 Å². The van der Waals surface area contributed by atoms with Gasteiger partial charge in [0.05, 0.1) is 5.01 Å². The van der Waals surface area contributed by atoms with Crippen molar-refractivity contribution in [2.45, 2.75) is 27.2 Å². The van der Waals surface area contributed by atoms with E-state index < -0.39 is 0 Å². The molecular weight excluding hydrogens is 310 g/mol. The van der Waals surface area contributed by atoms with E-state index in [2.05, 4.69) is 41.0 Å². The minimum atomic E-state index is -0.00204. The largest absolute Gasteiger partial charge is 0.356 e. The zero-order valence-electron chi connectivity index (χ0n) is 15.1. The Morgan fingerprint density at radius 3 is 2.61 bits per heavy atom. The molecular formula is C16H29N5OS. The van der Waals surface area contributed by atoms with Crippen LogP contribution in [0.25, 0.3) is 0 Å². The van der Waals surface area contributed by atoms with Crippen LogP contribution in [0.2, 0.25) is 0 Å². The molecule has 0 bridgehead atoms. The van der Waals surface area contributed by atoms with Gasteiger partial charge in [0.25, 0.3) is 0 Å². The molecule has 7 heteroatoms. The van der Waals surface area contributed by atoms with Crippen LogP contribution in [0.15, 0.2) is 11.2 Å². The fraction of sp³-hybridized carbons (Fsp3) is 0.688. The van der Waals surface area contributed by atoms with Crippen molar-refractivity contribution >= 4 is 23.2 Å². The highest BCUT2D eigenvalue weighted by Crippen LogP contribution is 2.11. The molecule has 1 aromatic heterocycles. The van der Waals surface area contributed by atoms with E-state index in [1.165, 1.54) is 4.88 Å². The Kier molecular flexibility index (Phi) is 8.02. The first kappa shape index (κ1) is 19.4. The molecule has 0 unspecified atom stereocenters. The molecule has 1 N–H and O–H groups in total. The van der Waals surface area contributed by atoms with Gasteiger partial charge in [-0.3, -0.25) is 4.79 Å². The van der Waals surface area contributed by atoms with E-state index >= 15 is 0 Å². The van der Waals surface area contributed by atoms with E-state index in [0.717, 1.165) is 30.5 Å². The number of hydrogen-bond acceptors (Lipinski definition) is 4. The summed E-state index contributed by atoms with van der Waals surface area (Å²) in [6.45, 7) is 8.16. The second-order valence-electron chi connectivity index (χ2n) is 6.24. The number of hydrogen-bond donors (Lipinski definition) is 1. The number of likely N-dealkylation sites (N-methyl/N-ethyl adjacent to an activating group) is 2. The van der Waals surface area contributed by atoms with E-state index in [1.54, 1.807) is 30.3 Å². The molecule has 0 atom stereocenters. The van der Waals surface area contributed by atoms with Crippen molar-refractivity contribution in [3.8, 4) is 0 Å². The SMILES string of the molecule is Cc1cnc(CCN(C)C(=NCC(=O)N(C)C)NCC(C)C)s1. The number of guanidine groups is 1. The number of carbonyl (C=O) groups is 1. The van der Waals surface area contributed by atoms with Crippen molar-refractivity contribution in [3.05, 3.63) is 16.1 Å². The fourth-order valence-corrected chi connectivity index (χ4v) is 2.55. The lowest BCUT2D eigenvalue weighted by Crippen LogP contribution is -2.42. The highest BCUT2D eigenvalue weighted by Gasteiger charge is 2.10. The molecule has 0 aliphatic heterocycles. The van der Waals surface area contributed by atoms with E-state index in [4.69, 9.17) is 0 Å². The van der Waals surface area contributed by atoms with Gasteiger partial charge in [-0.15, -0.1) is 11.3 Å². The molecule has 23 heavy (non-hydrogen) atoms. The van der Waals surface area contributed by atoms with Crippen molar-refractivity contribution in [2.75, 3.05) is 40.8 Å². The summed E-state index contributed by atoms with van der Waals surface area (Å²) in [7, 11) is 5.48. The van der Waals surface area contributed by atoms with Gasteiger partial charge in [-0.2, -0.15) is 0 Å². The normalized spacial score (nSPS) is 11.7. The lowest BCUT2D eigenvalue weighted by molar-refractivity contribution is -0.127. The number of nitrogens with zero attached hydrogens (tertiary/aromatic N) is 4. The predicted octanol–water partition coefficient (Wildman–Crippen LogP) is 1.62. The number of aliphatic imine (C=N–C) groups is 1. The number of aromatic nitrogens is 1. The molecule has 0 aliphatic carbocycles. The zero-order chi connectivity index (χ0) is 17.4. The van der Waals surface area contributed by atoms with Gasteiger partial charge in [-0.05, 0) is 12.8 Å². The molecule has 1 heterocycles. The maximum Gasteiger partial charge on any atom is 0.243 e.